The number of nitrogens with one attached hydrogen (secondary N) is 1. The lowest BCUT2D eigenvalue weighted by Gasteiger charge is -2.14. The first-order chi connectivity index (χ1) is 12.0. The molecule has 0 saturated heterocycles. The largest absolute Gasteiger partial charge is 0.495 e. The molecule has 6 N–H and O–H groups in total. The van der Waals surface area contributed by atoms with Crippen molar-refractivity contribution in [2.24, 2.45) is 0 Å². The SMILES string of the molecule is COc1ccc(-c2c(C(=O)O)c(N)[nH]c(=O)c2C(=O)O)cc1S(=O)(=O)O. The van der Waals surface area contributed by atoms with Crippen LogP contribution in [0.2, 0.25) is 0 Å². The molecule has 0 spiro atoms. The highest BCUT2D eigenvalue weighted by Crippen LogP contribution is 2.34. The van der Waals surface area contributed by atoms with Crippen LogP contribution < -0.4 is 16.0 Å². The number of aromatic nitrogens is 1. The topological polar surface area (TPSA) is 197 Å². The number of hydrogen-bond acceptors (Lipinski definition) is 7. The number of nitrogen functional groups attached to an aromatic ring is 1. The van der Waals surface area contributed by atoms with Crippen molar-refractivity contribution in [3.8, 4) is 16.9 Å². The minimum atomic E-state index is -4.80. The monoisotopic (exact) mass is 384 g/mol. The number of aromatic carboxylic acids is 2. The number of rotatable bonds is 5. The Labute approximate surface area is 145 Å². The molecule has 0 saturated carbocycles. The second-order valence-electron chi connectivity index (χ2n) is 4.94. The first-order valence-corrected chi connectivity index (χ1v) is 8.11. The van der Waals surface area contributed by atoms with Crippen LogP contribution in [0.3, 0.4) is 0 Å². The molecular formula is C14H12N2O9S. The van der Waals surface area contributed by atoms with Gasteiger partial charge in [0.1, 0.15) is 27.6 Å². The van der Waals surface area contributed by atoms with Crippen molar-refractivity contribution < 1.29 is 37.5 Å². The highest BCUT2D eigenvalue weighted by molar-refractivity contribution is 7.86. The molecule has 2 rings (SSSR count). The lowest BCUT2D eigenvalue weighted by Crippen LogP contribution is -2.24. The van der Waals surface area contributed by atoms with Crippen molar-refractivity contribution in [2.45, 2.75) is 4.90 Å². The van der Waals surface area contributed by atoms with Crippen molar-refractivity contribution >= 4 is 27.9 Å². The molecule has 0 aliphatic rings. The molecule has 0 aliphatic carbocycles. The molecule has 0 radical (unpaired) electrons. The Morgan fingerprint density at radius 1 is 1.15 bits per heavy atom. The molecule has 0 atom stereocenters. The average Bonchev–Trinajstić information content (AvgIpc) is 2.51. The smallest absolute Gasteiger partial charge is 0.342 e. The van der Waals surface area contributed by atoms with Gasteiger partial charge in [-0.15, -0.1) is 0 Å². The number of carboxylic acid groups (broad SMARTS) is 2. The first kappa shape index (κ1) is 19.0. The Morgan fingerprint density at radius 3 is 2.19 bits per heavy atom. The first-order valence-electron chi connectivity index (χ1n) is 6.67. The van der Waals surface area contributed by atoms with Crippen molar-refractivity contribution in [2.75, 3.05) is 12.8 Å². The maximum Gasteiger partial charge on any atom is 0.342 e. The maximum absolute atomic E-state index is 12.0. The van der Waals surface area contributed by atoms with Crippen LogP contribution in [0.4, 0.5) is 5.82 Å². The number of nitrogens with two attached hydrogens (primary N) is 1. The zero-order valence-electron chi connectivity index (χ0n) is 13.0. The molecule has 0 aliphatic heterocycles. The fourth-order valence-electron chi connectivity index (χ4n) is 2.37. The highest BCUT2D eigenvalue weighted by atomic mass is 32.2. The molecule has 2 aromatic rings. The minimum Gasteiger partial charge on any atom is -0.495 e. The van der Waals surface area contributed by atoms with Crippen molar-refractivity contribution in [3.05, 3.63) is 39.7 Å². The number of aromatic amines is 1. The molecule has 138 valence electrons. The van der Waals surface area contributed by atoms with Gasteiger partial charge < -0.3 is 25.7 Å². The molecule has 0 fully saturated rings. The normalized spacial score (nSPS) is 11.2. The number of hydrogen-bond donors (Lipinski definition) is 5. The number of methoxy groups -OCH3 is 1. The lowest BCUT2D eigenvalue weighted by molar-refractivity contribution is 0.0695. The number of benzene rings is 1. The van der Waals surface area contributed by atoms with E-state index < -0.39 is 55.0 Å². The van der Waals surface area contributed by atoms with Gasteiger partial charge in [0.05, 0.1) is 7.11 Å². The summed E-state index contributed by atoms with van der Waals surface area (Å²) in [6, 6.07) is 2.97. The standard InChI is InChI=1S/C14H12N2O9S/c1-25-6-3-2-5(4-7(6)26(22,23)24)8-9(13(18)19)11(15)16-12(17)10(8)14(20)21/h2-4H,1H3,(H,18,19)(H,20,21)(H3,15,16,17)(H,22,23,24). The van der Waals surface area contributed by atoms with Crippen LogP contribution in [0, 0.1) is 0 Å². The van der Waals surface area contributed by atoms with Gasteiger partial charge in [-0.05, 0) is 17.7 Å². The molecule has 0 amide bonds. The number of anilines is 1. The van der Waals surface area contributed by atoms with Crippen LogP contribution >= 0.6 is 0 Å². The number of ether oxygens (including phenoxy) is 1. The third kappa shape index (κ3) is 3.22. The predicted molar refractivity (Wildman–Crippen MR) is 87.2 cm³/mol. The Hall–Kier alpha value is -3.38. The summed E-state index contributed by atoms with van der Waals surface area (Å²) in [6.07, 6.45) is 0. The molecule has 0 bridgehead atoms. The lowest BCUT2D eigenvalue weighted by atomic mass is 9.95. The molecule has 11 nitrogen and oxygen atoms in total. The van der Waals surface area contributed by atoms with E-state index in [1.54, 1.807) is 0 Å². The van der Waals surface area contributed by atoms with Gasteiger partial charge in [-0.25, -0.2) is 9.59 Å². The third-order valence-electron chi connectivity index (χ3n) is 3.40. The molecule has 12 heteroatoms. The van der Waals surface area contributed by atoms with Crippen LogP contribution in [0.15, 0.2) is 27.9 Å². The molecule has 1 heterocycles. The van der Waals surface area contributed by atoms with Gasteiger partial charge in [-0.2, -0.15) is 8.42 Å². The molecule has 26 heavy (non-hydrogen) atoms. The number of pyridine rings is 1. The Morgan fingerprint density at radius 2 is 1.73 bits per heavy atom. The van der Waals surface area contributed by atoms with Gasteiger partial charge in [0.15, 0.2) is 0 Å². The Bertz CT molecular complexity index is 1090. The number of carbonyl (C=O) groups is 2. The van der Waals surface area contributed by atoms with E-state index in [9.17, 15) is 37.6 Å². The zero-order chi connectivity index (χ0) is 19.8. The van der Waals surface area contributed by atoms with Crippen LogP contribution in [0.25, 0.3) is 11.1 Å². The summed E-state index contributed by atoms with van der Waals surface area (Å²) < 4.78 is 37.1. The summed E-state index contributed by atoms with van der Waals surface area (Å²) in [6.45, 7) is 0. The summed E-state index contributed by atoms with van der Waals surface area (Å²) >= 11 is 0. The van der Waals surface area contributed by atoms with Gasteiger partial charge in [-0.1, -0.05) is 6.07 Å². The summed E-state index contributed by atoms with van der Waals surface area (Å²) in [5.74, 6) is -4.30. The maximum atomic E-state index is 12.0. The highest BCUT2D eigenvalue weighted by Gasteiger charge is 2.28. The summed E-state index contributed by atoms with van der Waals surface area (Å²) in [5, 5.41) is 18.6. The number of carboxylic acids is 2. The second kappa shape index (κ2) is 6.50. The van der Waals surface area contributed by atoms with Gasteiger partial charge >= 0.3 is 11.9 Å². The van der Waals surface area contributed by atoms with Crippen molar-refractivity contribution in [3.63, 3.8) is 0 Å². The van der Waals surface area contributed by atoms with Crippen LogP contribution in [0.5, 0.6) is 5.75 Å². The predicted octanol–water partition coefficient (Wildman–Crippen LogP) is 0.276. The van der Waals surface area contributed by atoms with Crippen molar-refractivity contribution in [1.82, 2.24) is 4.98 Å². The zero-order valence-corrected chi connectivity index (χ0v) is 13.8. The van der Waals surface area contributed by atoms with E-state index in [1.165, 1.54) is 0 Å². The molecule has 1 aromatic carbocycles. The minimum absolute atomic E-state index is 0.275. The summed E-state index contributed by atoms with van der Waals surface area (Å²) in [5.41, 5.74) is 1.71. The molecular weight excluding hydrogens is 372 g/mol. The second-order valence-corrected chi connectivity index (χ2v) is 6.33. The molecule has 0 unspecified atom stereocenters. The van der Waals surface area contributed by atoms with Gasteiger partial charge in [0, 0.05) is 5.56 Å². The van der Waals surface area contributed by atoms with Crippen molar-refractivity contribution in [1.29, 1.82) is 0 Å². The quantitative estimate of drug-likeness (QED) is 0.446. The molecule has 1 aromatic heterocycles. The summed E-state index contributed by atoms with van der Waals surface area (Å²) in [7, 11) is -3.67. The Kier molecular flexibility index (Phi) is 4.73. The van der Waals surface area contributed by atoms with E-state index in [2.05, 4.69) is 0 Å². The van der Waals surface area contributed by atoms with Gasteiger partial charge in [-0.3, -0.25) is 9.35 Å². The van der Waals surface area contributed by atoms with Crippen LogP contribution in [-0.2, 0) is 10.1 Å². The van der Waals surface area contributed by atoms with E-state index in [4.69, 9.17) is 10.5 Å². The van der Waals surface area contributed by atoms with E-state index >= 15 is 0 Å². The average molecular weight is 384 g/mol. The van der Waals surface area contributed by atoms with Gasteiger partial charge in [0.2, 0.25) is 0 Å². The van der Waals surface area contributed by atoms with Crippen LogP contribution in [-0.4, -0.2) is 47.2 Å². The van der Waals surface area contributed by atoms with E-state index in [-0.39, 0.29) is 11.3 Å². The van der Waals surface area contributed by atoms with E-state index in [1.807, 2.05) is 4.98 Å². The van der Waals surface area contributed by atoms with E-state index in [0.717, 1.165) is 25.3 Å². The van der Waals surface area contributed by atoms with Crippen LogP contribution in [0.1, 0.15) is 20.7 Å². The third-order valence-corrected chi connectivity index (χ3v) is 4.28. The Balaban J connectivity index is 3.03. The fraction of sp³-hybridized carbons (Fsp3) is 0.0714. The summed E-state index contributed by atoms with van der Waals surface area (Å²) in [4.78, 5) is 36.1. The fourth-order valence-corrected chi connectivity index (χ4v) is 3.05. The van der Waals surface area contributed by atoms with E-state index in [0.29, 0.717) is 0 Å². The number of H-pyrrole nitrogens is 1. The van der Waals surface area contributed by atoms with Gasteiger partial charge in [0.25, 0.3) is 15.7 Å².